The van der Waals surface area contributed by atoms with Gasteiger partial charge in [0.2, 0.25) is 0 Å². The molecule has 0 heterocycles. The van der Waals surface area contributed by atoms with Crippen LogP contribution in [0.2, 0.25) is 15.1 Å². The van der Waals surface area contributed by atoms with Crippen LogP contribution < -0.4 is 10.6 Å². The second-order valence-electron chi connectivity index (χ2n) is 4.72. The van der Waals surface area contributed by atoms with Crippen LogP contribution in [0.25, 0.3) is 0 Å². The molecule has 2 rings (SSSR count). The first-order valence-electron chi connectivity index (χ1n) is 6.74. The van der Waals surface area contributed by atoms with E-state index < -0.39 is 11.8 Å². The Bertz CT molecular complexity index is 735. The van der Waals surface area contributed by atoms with Crippen LogP contribution in [0.1, 0.15) is 5.56 Å². The summed E-state index contributed by atoms with van der Waals surface area (Å²) in [5.74, 6) is -1.49. The summed E-state index contributed by atoms with van der Waals surface area (Å²) in [5, 5.41) is 6.29. The zero-order chi connectivity index (χ0) is 16.8. The van der Waals surface area contributed by atoms with Crippen LogP contribution in [0.4, 0.5) is 5.69 Å². The lowest BCUT2D eigenvalue weighted by Gasteiger charge is -2.07. The topological polar surface area (TPSA) is 58.2 Å². The lowest BCUT2D eigenvalue weighted by atomic mass is 10.1. The SMILES string of the molecule is O=C(NCCc1cccc(Cl)c1)C(=O)Nc1ccc(Cl)c(Cl)c1. The first-order valence-corrected chi connectivity index (χ1v) is 7.88. The number of anilines is 1. The zero-order valence-corrected chi connectivity index (χ0v) is 14.2. The molecule has 0 radical (unpaired) electrons. The van der Waals surface area contributed by atoms with Crippen LogP contribution in [0.15, 0.2) is 42.5 Å². The average Bonchev–Trinajstić information content (AvgIpc) is 2.51. The molecule has 0 aliphatic rings. The molecule has 2 aromatic carbocycles. The van der Waals surface area contributed by atoms with Crippen LogP contribution in [0.5, 0.6) is 0 Å². The van der Waals surface area contributed by atoms with E-state index in [1.54, 1.807) is 12.1 Å². The summed E-state index contributed by atoms with van der Waals surface area (Å²) < 4.78 is 0. The highest BCUT2D eigenvalue weighted by Crippen LogP contribution is 2.24. The van der Waals surface area contributed by atoms with Crippen LogP contribution in [-0.4, -0.2) is 18.4 Å². The third-order valence-electron chi connectivity index (χ3n) is 2.97. The molecule has 120 valence electrons. The van der Waals surface area contributed by atoms with Gasteiger partial charge in [-0.15, -0.1) is 0 Å². The Morgan fingerprint density at radius 2 is 1.70 bits per heavy atom. The Labute approximate surface area is 148 Å². The van der Waals surface area contributed by atoms with Gasteiger partial charge in [0.1, 0.15) is 0 Å². The van der Waals surface area contributed by atoms with Crippen molar-refractivity contribution in [1.82, 2.24) is 5.32 Å². The van der Waals surface area contributed by atoms with Crippen LogP contribution in [0.3, 0.4) is 0 Å². The maximum atomic E-state index is 11.8. The lowest BCUT2D eigenvalue weighted by molar-refractivity contribution is -0.136. The minimum Gasteiger partial charge on any atom is -0.347 e. The molecule has 2 N–H and O–H groups in total. The second-order valence-corrected chi connectivity index (χ2v) is 5.97. The van der Waals surface area contributed by atoms with Gasteiger partial charge in [-0.05, 0) is 42.3 Å². The lowest BCUT2D eigenvalue weighted by Crippen LogP contribution is -2.36. The number of nitrogens with one attached hydrogen (secondary N) is 2. The van der Waals surface area contributed by atoms with E-state index in [2.05, 4.69) is 10.6 Å². The first-order chi connectivity index (χ1) is 11.0. The largest absolute Gasteiger partial charge is 0.347 e. The summed E-state index contributed by atoms with van der Waals surface area (Å²) in [5.41, 5.74) is 1.37. The Hall–Kier alpha value is -1.75. The van der Waals surface area contributed by atoms with E-state index in [-0.39, 0.29) is 0 Å². The number of rotatable bonds is 4. The highest BCUT2D eigenvalue weighted by Gasteiger charge is 2.13. The molecule has 7 heteroatoms. The van der Waals surface area contributed by atoms with Gasteiger partial charge in [0.05, 0.1) is 10.0 Å². The minimum atomic E-state index is -0.769. The molecule has 0 saturated heterocycles. The van der Waals surface area contributed by atoms with Crippen molar-refractivity contribution in [2.24, 2.45) is 0 Å². The smallest absolute Gasteiger partial charge is 0.313 e. The molecule has 0 saturated carbocycles. The summed E-state index contributed by atoms with van der Waals surface area (Å²) in [4.78, 5) is 23.5. The predicted octanol–water partition coefficient (Wildman–Crippen LogP) is 3.94. The number of hydrogen-bond donors (Lipinski definition) is 2. The van der Waals surface area contributed by atoms with E-state index >= 15 is 0 Å². The molecule has 0 aliphatic heterocycles. The van der Waals surface area contributed by atoms with Gasteiger partial charge in [-0.3, -0.25) is 9.59 Å². The Kier molecular flexibility index (Phi) is 6.28. The van der Waals surface area contributed by atoms with Crippen molar-refractivity contribution in [3.05, 3.63) is 63.1 Å². The first kappa shape index (κ1) is 17.6. The Morgan fingerprint density at radius 1 is 0.913 bits per heavy atom. The molecule has 2 aromatic rings. The van der Waals surface area contributed by atoms with Gasteiger partial charge in [0.25, 0.3) is 0 Å². The third-order valence-corrected chi connectivity index (χ3v) is 3.95. The summed E-state index contributed by atoms with van der Waals surface area (Å²) >= 11 is 17.5. The van der Waals surface area contributed by atoms with E-state index in [1.807, 2.05) is 18.2 Å². The van der Waals surface area contributed by atoms with Crippen molar-refractivity contribution in [2.45, 2.75) is 6.42 Å². The van der Waals surface area contributed by atoms with Crippen LogP contribution in [-0.2, 0) is 16.0 Å². The van der Waals surface area contributed by atoms with Crippen molar-refractivity contribution in [1.29, 1.82) is 0 Å². The van der Waals surface area contributed by atoms with Gasteiger partial charge in [0.15, 0.2) is 0 Å². The molecule has 0 atom stereocenters. The highest BCUT2D eigenvalue weighted by atomic mass is 35.5. The van der Waals surface area contributed by atoms with Crippen molar-refractivity contribution in [3.8, 4) is 0 Å². The molecule has 0 aliphatic carbocycles. The molecule has 23 heavy (non-hydrogen) atoms. The van der Waals surface area contributed by atoms with E-state index in [4.69, 9.17) is 34.8 Å². The molecule has 0 fully saturated rings. The maximum absolute atomic E-state index is 11.8. The Morgan fingerprint density at radius 3 is 2.39 bits per heavy atom. The van der Waals surface area contributed by atoms with Gasteiger partial charge in [-0.2, -0.15) is 0 Å². The van der Waals surface area contributed by atoms with Crippen molar-refractivity contribution in [2.75, 3.05) is 11.9 Å². The fraction of sp³-hybridized carbons (Fsp3) is 0.125. The zero-order valence-electron chi connectivity index (χ0n) is 11.9. The van der Waals surface area contributed by atoms with Gasteiger partial charge in [-0.1, -0.05) is 46.9 Å². The quantitative estimate of drug-likeness (QED) is 0.800. The van der Waals surface area contributed by atoms with Gasteiger partial charge >= 0.3 is 11.8 Å². The standard InChI is InChI=1S/C16H13Cl3N2O2/c17-11-3-1-2-10(8-11)6-7-20-15(22)16(23)21-12-4-5-13(18)14(19)9-12/h1-5,8-9H,6-7H2,(H,20,22)(H,21,23). The Balaban J connectivity index is 1.83. The minimum absolute atomic E-state index is 0.297. The molecular formula is C16H13Cl3N2O2. The molecule has 4 nitrogen and oxygen atoms in total. The fourth-order valence-electron chi connectivity index (χ4n) is 1.85. The van der Waals surface area contributed by atoms with Crippen molar-refractivity contribution >= 4 is 52.3 Å². The molecule has 0 unspecified atom stereocenters. The predicted molar refractivity (Wildman–Crippen MR) is 93.3 cm³/mol. The maximum Gasteiger partial charge on any atom is 0.313 e. The van der Waals surface area contributed by atoms with E-state index in [0.717, 1.165) is 5.56 Å². The normalized spacial score (nSPS) is 10.2. The van der Waals surface area contributed by atoms with Crippen molar-refractivity contribution < 1.29 is 9.59 Å². The molecule has 0 aromatic heterocycles. The number of benzene rings is 2. The van der Waals surface area contributed by atoms with Gasteiger partial charge < -0.3 is 10.6 Å². The van der Waals surface area contributed by atoms with Crippen LogP contribution in [0, 0.1) is 0 Å². The van der Waals surface area contributed by atoms with Gasteiger partial charge in [-0.25, -0.2) is 0 Å². The third kappa shape index (κ3) is 5.43. The molecule has 0 bridgehead atoms. The van der Waals surface area contributed by atoms with Crippen LogP contribution >= 0.6 is 34.8 Å². The highest BCUT2D eigenvalue weighted by molar-refractivity contribution is 6.43. The summed E-state index contributed by atoms with van der Waals surface area (Å²) in [6.07, 6.45) is 0.576. The molecule has 0 spiro atoms. The van der Waals surface area contributed by atoms with Gasteiger partial charge in [0, 0.05) is 17.3 Å². The summed E-state index contributed by atoms with van der Waals surface area (Å²) in [6, 6.07) is 11.9. The van der Waals surface area contributed by atoms with E-state index in [1.165, 1.54) is 12.1 Å². The van der Waals surface area contributed by atoms with Crippen molar-refractivity contribution in [3.63, 3.8) is 0 Å². The van der Waals surface area contributed by atoms with E-state index in [9.17, 15) is 9.59 Å². The second kappa shape index (κ2) is 8.20. The monoisotopic (exact) mass is 370 g/mol. The number of amides is 2. The number of carbonyl (C=O) groups excluding carboxylic acids is 2. The number of carbonyl (C=O) groups is 2. The molecule has 2 amide bonds. The summed E-state index contributed by atoms with van der Waals surface area (Å²) in [7, 11) is 0. The summed E-state index contributed by atoms with van der Waals surface area (Å²) in [6.45, 7) is 0.327. The van der Waals surface area contributed by atoms with E-state index in [0.29, 0.717) is 33.7 Å². The number of halogens is 3. The fourth-order valence-corrected chi connectivity index (χ4v) is 2.37. The average molecular weight is 372 g/mol. The number of hydrogen-bond acceptors (Lipinski definition) is 2. The molecular weight excluding hydrogens is 359 g/mol.